The zero-order valence-electron chi connectivity index (χ0n) is 23.9. The van der Waals surface area contributed by atoms with Gasteiger partial charge in [0.2, 0.25) is 0 Å². The van der Waals surface area contributed by atoms with Crippen molar-refractivity contribution in [2.24, 2.45) is 0 Å². The van der Waals surface area contributed by atoms with Gasteiger partial charge in [-0.15, -0.1) is 0 Å². The Kier molecular flexibility index (Phi) is 9.79. The minimum absolute atomic E-state index is 0.0150. The third-order valence-corrected chi connectivity index (χ3v) is 7.81. The molecule has 0 aliphatic heterocycles. The van der Waals surface area contributed by atoms with Crippen LogP contribution < -0.4 is 9.26 Å². The summed E-state index contributed by atoms with van der Waals surface area (Å²) >= 11 is 0. The van der Waals surface area contributed by atoms with Crippen molar-refractivity contribution in [3.05, 3.63) is 132 Å². The van der Waals surface area contributed by atoms with Gasteiger partial charge in [0, 0.05) is 24.0 Å². The van der Waals surface area contributed by atoms with Crippen LogP contribution in [0.4, 0.5) is 0 Å². The monoisotopic (exact) mass is 597 g/mol. The molecule has 0 amide bonds. The summed E-state index contributed by atoms with van der Waals surface area (Å²) in [6.45, 7) is 4.17. The lowest BCUT2D eigenvalue weighted by atomic mass is 10.1. The molecule has 43 heavy (non-hydrogen) atoms. The molecule has 0 atom stereocenters. The number of rotatable bonds is 14. The van der Waals surface area contributed by atoms with Gasteiger partial charge in [-0.3, -0.25) is 23.5 Å². The fourth-order valence-corrected chi connectivity index (χ4v) is 5.56. The number of carbonyl (C=O) groups excluding carboxylic acids is 1. The molecule has 0 bridgehead atoms. The molecule has 9 nitrogen and oxygen atoms in total. The van der Waals surface area contributed by atoms with Crippen LogP contribution in [0.1, 0.15) is 46.9 Å². The number of hydrogen-bond donors (Lipinski definition) is 0. The van der Waals surface area contributed by atoms with Crippen LogP contribution in [0.2, 0.25) is 0 Å². The van der Waals surface area contributed by atoms with E-state index in [1.807, 2.05) is 97.4 Å². The SMILES string of the molecule is CC(C)n1nccc1-c1ncccc1COc1cccc(OP(=O)(OCc2ccccc2)OCc2ccccc2)c1C=O. The lowest BCUT2D eigenvalue weighted by Crippen LogP contribution is -2.08. The summed E-state index contributed by atoms with van der Waals surface area (Å²) in [4.78, 5) is 16.9. The van der Waals surface area contributed by atoms with Crippen molar-refractivity contribution in [2.75, 3.05) is 0 Å². The quantitative estimate of drug-likeness (QED) is 0.0943. The zero-order valence-corrected chi connectivity index (χ0v) is 24.8. The minimum Gasteiger partial charge on any atom is -0.488 e. The molecule has 0 aliphatic rings. The molecule has 0 N–H and O–H groups in total. The van der Waals surface area contributed by atoms with Crippen LogP contribution in [0.5, 0.6) is 11.5 Å². The van der Waals surface area contributed by atoms with Gasteiger partial charge in [0.25, 0.3) is 0 Å². The number of aldehydes is 1. The topological polar surface area (TPSA) is 102 Å². The second-order valence-corrected chi connectivity index (χ2v) is 11.5. The number of nitrogens with zero attached hydrogens (tertiary/aromatic N) is 3. The van der Waals surface area contributed by atoms with Crippen molar-refractivity contribution in [2.45, 2.75) is 39.7 Å². The van der Waals surface area contributed by atoms with Crippen LogP contribution in [0.3, 0.4) is 0 Å². The standard InChI is InChI=1S/C33H32N3O6P/c1-25(2)36-30(18-20-35-36)33-28(15-10-19-34-33)24-39-31-16-9-17-32(29(31)21-37)42-43(38,40-22-26-11-5-3-6-12-26)41-23-27-13-7-4-8-14-27/h3-21,25H,22-24H2,1-2H3. The van der Waals surface area contributed by atoms with Crippen LogP contribution in [-0.2, 0) is 33.4 Å². The molecule has 0 radical (unpaired) electrons. The molecule has 0 unspecified atom stereocenters. The van der Waals surface area contributed by atoms with Gasteiger partial charge in [-0.1, -0.05) is 72.8 Å². The molecule has 2 aromatic heterocycles. The van der Waals surface area contributed by atoms with Gasteiger partial charge in [-0.2, -0.15) is 5.10 Å². The van der Waals surface area contributed by atoms with Crippen LogP contribution in [-0.4, -0.2) is 21.1 Å². The molecule has 0 aliphatic carbocycles. The van der Waals surface area contributed by atoms with E-state index in [0.29, 0.717) is 6.29 Å². The third-order valence-electron chi connectivity index (χ3n) is 6.49. The molecule has 10 heteroatoms. The second kappa shape index (κ2) is 14.1. The molecule has 0 spiro atoms. The van der Waals surface area contributed by atoms with E-state index in [2.05, 4.69) is 10.1 Å². The molecule has 0 saturated heterocycles. The molecule has 5 aromatic rings. The van der Waals surface area contributed by atoms with Crippen molar-refractivity contribution in [1.29, 1.82) is 0 Å². The first-order chi connectivity index (χ1) is 21.0. The van der Waals surface area contributed by atoms with Crippen molar-refractivity contribution < 1.29 is 27.7 Å². The summed E-state index contributed by atoms with van der Waals surface area (Å²) in [5.41, 5.74) is 4.03. The maximum absolute atomic E-state index is 13.9. The van der Waals surface area contributed by atoms with Crippen molar-refractivity contribution in [1.82, 2.24) is 14.8 Å². The van der Waals surface area contributed by atoms with Crippen molar-refractivity contribution in [3.63, 3.8) is 0 Å². The Balaban J connectivity index is 1.38. The second-order valence-electron chi connectivity index (χ2n) is 9.90. The van der Waals surface area contributed by atoms with Crippen LogP contribution in [0, 0.1) is 0 Å². The Morgan fingerprint density at radius 1 is 0.767 bits per heavy atom. The van der Waals surface area contributed by atoms with Gasteiger partial charge in [-0.05, 0) is 49.2 Å². The molecule has 2 heterocycles. The van der Waals surface area contributed by atoms with E-state index in [1.54, 1.807) is 24.5 Å². The van der Waals surface area contributed by atoms with E-state index in [0.717, 1.165) is 28.1 Å². The molecule has 3 aromatic carbocycles. The lowest BCUT2D eigenvalue weighted by Gasteiger charge is -2.20. The van der Waals surface area contributed by atoms with Gasteiger partial charge in [0.15, 0.2) is 6.29 Å². The van der Waals surface area contributed by atoms with Gasteiger partial charge < -0.3 is 9.26 Å². The highest BCUT2D eigenvalue weighted by molar-refractivity contribution is 7.48. The van der Waals surface area contributed by atoms with Crippen molar-refractivity contribution in [3.8, 4) is 22.9 Å². The van der Waals surface area contributed by atoms with E-state index >= 15 is 0 Å². The zero-order chi connectivity index (χ0) is 30.1. The highest BCUT2D eigenvalue weighted by Gasteiger charge is 2.31. The predicted molar refractivity (Wildman–Crippen MR) is 163 cm³/mol. The number of ether oxygens (including phenoxy) is 1. The van der Waals surface area contributed by atoms with Gasteiger partial charge in [0.1, 0.15) is 18.1 Å². The third kappa shape index (κ3) is 7.64. The molecule has 5 rings (SSSR count). The van der Waals surface area contributed by atoms with Crippen LogP contribution in [0.15, 0.2) is 109 Å². The lowest BCUT2D eigenvalue weighted by molar-refractivity contribution is 0.111. The predicted octanol–water partition coefficient (Wildman–Crippen LogP) is 7.84. The molecular formula is C33H32N3O6P. The Morgan fingerprint density at radius 2 is 1.42 bits per heavy atom. The summed E-state index contributed by atoms with van der Waals surface area (Å²) in [7, 11) is -4.20. The van der Waals surface area contributed by atoms with Crippen LogP contribution in [0.25, 0.3) is 11.4 Å². The molecule has 220 valence electrons. The van der Waals surface area contributed by atoms with Gasteiger partial charge >= 0.3 is 7.82 Å². The Hall–Kier alpha value is -4.56. The van der Waals surface area contributed by atoms with Gasteiger partial charge in [-0.25, -0.2) is 4.57 Å². The van der Waals surface area contributed by atoms with E-state index in [9.17, 15) is 9.36 Å². The Bertz CT molecular complexity index is 1640. The average molecular weight is 598 g/mol. The highest BCUT2D eigenvalue weighted by atomic mass is 31.2. The van der Waals surface area contributed by atoms with E-state index in [1.165, 1.54) is 6.07 Å². The first-order valence-corrected chi connectivity index (χ1v) is 15.3. The number of phosphoric ester groups is 1. The first-order valence-electron chi connectivity index (χ1n) is 13.8. The minimum atomic E-state index is -4.20. The maximum atomic E-state index is 13.9. The summed E-state index contributed by atoms with van der Waals surface area (Å²) in [6.07, 6.45) is 4.05. The number of carbonyl (C=O) groups is 1. The smallest absolute Gasteiger partial charge is 0.488 e. The Morgan fingerprint density at radius 3 is 2.05 bits per heavy atom. The fraction of sp³-hybridized carbons (Fsp3) is 0.182. The number of phosphoric acid groups is 1. The Labute approximate surface area is 250 Å². The summed E-state index contributed by atoms with van der Waals surface area (Å²) < 4.78 is 39.2. The number of benzene rings is 3. The average Bonchev–Trinajstić information content (AvgIpc) is 3.54. The summed E-state index contributed by atoms with van der Waals surface area (Å²) in [6, 6.07) is 29.1. The molecule has 0 fully saturated rings. The number of hydrogen-bond acceptors (Lipinski definition) is 8. The van der Waals surface area contributed by atoms with E-state index in [-0.39, 0.29) is 42.9 Å². The molecular weight excluding hydrogens is 565 g/mol. The summed E-state index contributed by atoms with van der Waals surface area (Å²) in [5.74, 6) is 0.263. The number of pyridine rings is 1. The van der Waals surface area contributed by atoms with E-state index in [4.69, 9.17) is 18.3 Å². The molecule has 0 saturated carbocycles. The normalized spacial score (nSPS) is 11.4. The first kappa shape index (κ1) is 29.9. The van der Waals surface area contributed by atoms with Crippen LogP contribution >= 0.6 is 7.82 Å². The summed E-state index contributed by atoms with van der Waals surface area (Å²) in [5, 5.41) is 4.42. The van der Waals surface area contributed by atoms with Gasteiger partial charge in [0.05, 0.1) is 30.2 Å². The maximum Gasteiger partial charge on any atom is 0.530 e. The fourth-order valence-electron chi connectivity index (χ4n) is 4.37. The van der Waals surface area contributed by atoms with E-state index < -0.39 is 7.82 Å². The number of aromatic nitrogens is 3. The highest BCUT2D eigenvalue weighted by Crippen LogP contribution is 2.52. The van der Waals surface area contributed by atoms with Crippen molar-refractivity contribution >= 4 is 14.1 Å². The largest absolute Gasteiger partial charge is 0.530 e.